The van der Waals surface area contributed by atoms with Gasteiger partial charge in [-0.15, -0.1) is 16.4 Å². The van der Waals surface area contributed by atoms with Gasteiger partial charge in [0.2, 0.25) is 5.89 Å². The maximum atomic E-state index is 5.44. The maximum absolute atomic E-state index is 5.44. The number of nitrogens with zero attached hydrogens (tertiary/aromatic N) is 3. The molecule has 6 heteroatoms. The summed E-state index contributed by atoms with van der Waals surface area (Å²) in [5, 5.41) is 9.91. The second-order valence-corrected chi connectivity index (χ2v) is 4.96. The molecule has 0 amide bonds. The number of thiophene rings is 1. The van der Waals surface area contributed by atoms with Gasteiger partial charge in [-0.1, -0.05) is 11.2 Å². The first kappa shape index (κ1) is 12.1. The van der Waals surface area contributed by atoms with Crippen molar-refractivity contribution in [3.05, 3.63) is 28.3 Å². The molecule has 0 spiro atoms. The van der Waals surface area contributed by atoms with Crippen molar-refractivity contribution in [1.29, 1.82) is 0 Å². The van der Waals surface area contributed by atoms with Crippen LogP contribution in [0.4, 0.5) is 6.01 Å². The predicted octanol–water partition coefficient (Wildman–Crippen LogP) is 1.66. The van der Waals surface area contributed by atoms with Crippen LogP contribution >= 0.6 is 11.3 Å². The Morgan fingerprint density at radius 2 is 2.35 bits per heavy atom. The Morgan fingerprint density at radius 1 is 1.53 bits per heavy atom. The van der Waals surface area contributed by atoms with Crippen LogP contribution in [0.25, 0.3) is 0 Å². The molecule has 0 saturated carbocycles. The SMILES string of the molecule is CC(Cc1cccs1)N(C)c1nnc(CN)o1. The van der Waals surface area contributed by atoms with Crippen LogP contribution in [-0.2, 0) is 13.0 Å². The summed E-state index contributed by atoms with van der Waals surface area (Å²) in [6.07, 6.45) is 0.967. The molecule has 1 atom stereocenters. The van der Waals surface area contributed by atoms with Crippen LogP contribution < -0.4 is 10.6 Å². The summed E-state index contributed by atoms with van der Waals surface area (Å²) < 4.78 is 5.42. The molecule has 1 unspecified atom stereocenters. The fourth-order valence-electron chi connectivity index (χ4n) is 1.52. The highest BCUT2D eigenvalue weighted by molar-refractivity contribution is 7.09. The summed E-state index contributed by atoms with van der Waals surface area (Å²) >= 11 is 1.76. The van der Waals surface area contributed by atoms with Gasteiger partial charge in [-0.2, -0.15) is 0 Å². The highest BCUT2D eigenvalue weighted by atomic mass is 32.1. The Morgan fingerprint density at radius 3 is 2.94 bits per heavy atom. The van der Waals surface area contributed by atoms with Crippen LogP contribution in [0.1, 0.15) is 17.7 Å². The van der Waals surface area contributed by atoms with Gasteiger partial charge in [-0.05, 0) is 18.4 Å². The van der Waals surface area contributed by atoms with Crippen molar-refractivity contribution in [3.8, 4) is 0 Å². The lowest BCUT2D eigenvalue weighted by molar-refractivity contribution is 0.478. The number of likely N-dealkylation sites (N-methyl/N-ethyl adjacent to an activating group) is 1. The van der Waals surface area contributed by atoms with Crippen LogP contribution in [0.5, 0.6) is 0 Å². The Bertz CT molecular complexity index is 454. The molecule has 17 heavy (non-hydrogen) atoms. The van der Waals surface area contributed by atoms with Crippen molar-refractivity contribution >= 4 is 17.4 Å². The third kappa shape index (κ3) is 2.83. The largest absolute Gasteiger partial charge is 0.407 e. The van der Waals surface area contributed by atoms with E-state index in [2.05, 4.69) is 34.6 Å². The molecule has 0 aromatic carbocycles. The van der Waals surface area contributed by atoms with Gasteiger partial charge in [0, 0.05) is 24.4 Å². The van der Waals surface area contributed by atoms with Crippen LogP contribution in [0.2, 0.25) is 0 Å². The van der Waals surface area contributed by atoms with E-state index < -0.39 is 0 Å². The third-order valence-corrected chi connectivity index (χ3v) is 3.57. The molecule has 0 fully saturated rings. The zero-order valence-corrected chi connectivity index (χ0v) is 10.8. The van der Waals surface area contributed by atoms with Gasteiger partial charge in [0.25, 0.3) is 0 Å². The molecule has 2 N–H and O–H groups in total. The molecule has 0 saturated heterocycles. The Kier molecular flexibility index (Phi) is 3.75. The smallest absolute Gasteiger partial charge is 0.318 e. The lowest BCUT2D eigenvalue weighted by Crippen LogP contribution is -2.30. The zero-order chi connectivity index (χ0) is 12.3. The normalized spacial score (nSPS) is 12.6. The molecule has 2 aromatic rings. The number of nitrogens with two attached hydrogens (primary N) is 1. The highest BCUT2D eigenvalue weighted by Crippen LogP contribution is 2.18. The van der Waals surface area contributed by atoms with Gasteiger partial charge in [0.05, 0.1) is 6.54 Å². The van der Waals surface area contributed by atoms with Crippen LogP contribution in [0.3, 0.4) is 0 Å². The van der Waals surface area contributed by atoms with Crippen LogP contribution in [0, 0.1) is 0 Å². The molecular formula is C11H16N4OS. The lowest BCUT2D eigenvalue weighted by Gasteiger charge is -2.21. The predicted molar refractivity (Wildman–Crippen MR) is 68.1 cm³/mol. The van der Waals surface area contributed by atoms with Crippen molar-refractivity contribution in [1.82, 2.24) is 10.2 Å². The van der Waals surface area contributed by atoms with Gasteiger partial charge >= 0.3 is 6.01 Å². The van der Waals surface area contributed by atoms with E-state index in [1.807, 2.05) is 11.9 Å². The molecule has 0 bridgehead atoms. The minimum absolute atomic E-state index is 0.278. The van der Waals surface area contributed by atoms with Gasteiger partial charge < -0.3 is 15.1 Å². The monoisotopic (exact) mass is 252 g/mol. The van der Waals surface area contributed by atoms with Crippen molar-refractivity contribution in [2.75, 3.05) is 11.9 Å². The quantitative estimate of drug-likeness (QED) is 0.876. The van der Waals surface area contributed by atoms with E-state index in [4.69, 9.17) is 10.2 Å². The molecule has 2 rings (SSSR count). The standard InChI is InChI=1S/C11H16N4OS/c1-8(6-9-4-3-5-17-9)15(2)11-14-13-10(7-12)16-11/h3-5,8H,6-7,12H2,1-2H3. The van der Waals surface area contributed by atoms with Crippen molar-refractivity contribution < 1.29 is 4.42 Å². The first-order valence-electron chi connectivity index (χ1n) is 5.48. The topological polar surface area (TPSA) is 68.2 Å². The average Bonchev–Trinajstić information content (AvgIpc) is 2.98. The molecule has 2 heterocycles. The molecule has 0 radical (unpaired) electrons. The fraction of sp³-hybridized carbons (Fsp3) is 0.455. The fourth-order valence-corrected chi connectivity index (χ4v) is 2.34. The second-order valence-electron chi connectivity index (χ2n) is 3.93. The molecule has 92 valence electrons. The number of anilines is 1. The summed E-state index contributed by atoms with van der Waals surface area (Å²) in [5.74, 6) is 0.468. The molecule has 5 nitrogen and oxygen atoms in total. The van der Waals surface area contributed by atoms with Gasteiger partial charge in [-0.25, -0.2) is 0 Å². The molecular weight excluding hydrogens is 236 g/mol. The van der Waals surface area contributed by atoms with E-state index in [-0.39, 0.29) is 6.54 Å². The van der Waals surface area contributed by atoms with E-state index in [9.17, 15) is 0 Å². The summed E-state index contributed by atoms with van der Waals surface area (Å²) in [6.45, 7) is 2.41. The molecule has 0 aliphatic heterocycles. The van der Waals surface area contributed by atoms with Crippen molar-refractivity contribution in [2.45, 2.75) is 25.9 Å². The van der Waals surface area contributed by atoms with Gasteiger partial charge in [0.1, 0.15) is 0 Å². The second kappa shape index (κ2) is 5.29. The van der Waals surface area contributed by atoms with Crippen molar-refractivity contribution in [2.24, 2.45) is 5.73 Å². The first-order valence-corrected chi connectivity index (χ1v) is 6.36. The first-order chi connectivity index (χ1) is 8.20. The lowest BCUT2D eigenvalue weighted by atomic mass is 10.2. The number of aromatic nitrogens is 2. The summed E-state index contributed by atoms with van der Waals surface area (Å²) in [4.78, 5) is 3.33. The molecule has 0 aliphatic rings. The Hall–Kier alpha value is -1.40. The van der Waals surface area contributed by atoms with Gasteiger partial charge in [-0.3, -0.25) is 0 Å². The van der Waals surface area contributed by atoms with E-state index in [1.54, 1.807) is 11.3 Å². The van der Waals surface area contributed by atoms with E-state index in [1.165, 1.54) is 4.88 Å². The highest BCUT2D eigenvalue weighted by Gasteiger charge is 2.16. The van der Waals surface area contributed by atoms with Crippen molar-refractivity contribution in [3.63, 3.8) is 0 Å². The van der Waals surface area contributed by atoms with E-state index >= 15 is 0 Å². The third-order valence-electron chi connectivity index (χ3n) is 2.67. The minimum Gasteiger partial charge on any atom is -0.407 e. The number of hydrogen-bond donors (Lipinski definition) is 1. The summed E-state index contributed by atoms with van der Waals surface area (Å²) in [7, 11) is 1.95. The molecule has 2 aromatic heterocycles. The number of hydrogen-bond acceptors (Lipinski definition) is 6. The molecule has 0 aliphatic carbocycles. The van der Waals surface area contributed by atoms with E-state index in [0.29, 0.717) is 17.9 Å². The Labute approximate surface area is 104 Å². The Balaban J connectivity index is 2.01. The van der Waals surface area contributed by atoms with E-state index in [0.717, 1.165) is 6.42 Å². The zero-order valence-electron chi connectivity index (χ0n) is 9.96. The number of rotatable bonds is 5. The van der Waals surface area contributed by atoms with Gasteiger partial charge in [0.15, 0.2) is 0 Å². The van der Waals surface area contributed by atoms with Crippen LogP contribution in [-0.4, -0.2) is 23.3 Å². The maximum Gasteiger partial charge on any atom is 0.318 e. The summed E-state index contributed by atoms with van der Waals surface area (Å²) in [5.41, 5.74) is 5.44. The average molecular weight is 252 g/mol. The van der Waals surface area contributed by atoms with Crippen LogP contribution in [0.15, 0.2) is 21.9 Å². The summed E-state index contributed by atoms with van der Waals surface area (Å²) in [6, 6.07) is 5.02. The minimum atomic E-state index is 0.278.